The highest BCUT2D eigenvalue weighted by atomic mass is 32.2. The van der Waals surface area contributed by atoms with Crippen molar-refractivity contribution in [2.45, 2.75) is 56.4 Å². The predicted octanol–water partition coefficient (Wildman–Crippen LogP) is 2.34. The molecule has 2 aliphatic rings. The van der Waals surface area contributed by atoms with Gasteiger partial charge in [0.2, 0.25) is 0 Å². The zero-order valence-electron chi connectivity index (χ0n) is 10.7. The van der Waals surface area contributed by atoms with Crippen LogP contribution in [0.5, 0.6) is 0 Å². The minimum absolute atomic E-state index is 0.757. The molecule has 0 aromatic rings. The largest absolute Gasteiger partial charge is 0.313 e. The van der Waals surface area contributed by atoms with Gasteiger partial charge in [0.25, 0.3) is 0 Å². The lowest BCUT2D eigenvalue weighted by molar-refractivity contribution is 0.139. The van der Waals surface area contributed by atoms with Crippen molar-refractivity contribution < 1.29 is 0 Å². The maximum Gasteiger partial charge on any atom is 0.0195 e. The van der Waals surface area contributed by atoms with Crippen LogP contribution in [0.3, 0.4) is 0 Å². The third-order valence-corrected chi connectivity index (χ3v) is 5.25. The molecule has 3 heteroatoms. The van der Waals surface area contributed by atoms with Crippen LogP contribution < -0.4 is 5.32 Å². The number of hydrogen-bond acceptors (Lipinski definition) is 3. The van der Waals surface area contributed by atoms with Crippen molar-refractivity contribution in [3.63, 3.8) is 0 Å². The van der Waals surface area contributed by atoms with Crippen LogP contribution >= 0.6 is 11.8 Å². The smallest absolute Gasteiger partial charge is 0.0195 e. The molecule has 1 aliphatic carbocycles. The number of nitrogens with one attached hydrogen (secondary N) is 1. The summed E-state index contributed by atoms with van der Waals surface area (Å²) in [6.07, 6.45) is 9.34. The molecule has 94 valence electrons. The molecular formula is C13H26N2S. The SMILES string of the molecule is CCNC1CCCN(C2CCC(SC)C2)C1. The van der Waals surface area contributed by atoms with Crippen LogP contribution in [0.4, 0.5) is 0 Å². The van der Waals surface area contributed by atoms with E-state index in [1.54, 1.807) is 0 Å². The third kappa shape index (κ3) is 3.14. The summed E-state index contributed by atoms with van der Waals surface area (Å²) in [6, 6.07) is 1.64. The van der Waals surface area contributed by atoms with Gasteiger partial charge in [0.05, 0.1) is 0 Å². The third-order valence-electron chi connectivity index (χ3n) is 4.15. The Balaban J connectivity index is 1.80. The van der Waals surface area contributed by atoms with Crippen molar-refractivity contribution in [1.82, 2.24) is 10.2 Å². The summed E-state index contributed by atoms with van der Waals surface area (Å²) in [6.45, 7) is 5.97. The van der Waals surface area contributed by atoms with Crippen LogP contribution in [0.2, 0.25) is 0 Å². The van der Waals surface area contributed by atoms with E-state index in [0.29, 0.717) is 0 Å². The molecule has 1 saturated heterocycles. The maximum absolute atomic E-state index is 3.62. The Labute approximate surface area is 105 Å². The van der Waals surface area contributed by atoms with Crippen LogP contribution in [0.25, 0.3) is 0 Å². The lowest BCUT2D eigenvalue weighted by Gasteiger charge is -2.37. The molecule has 1 aliphatic heterocycles. The van der Waals surface area contributed by atoms with Gasteiger partial charge in [-0.2, -0.15) is 11.8 Å². The number of rotatable bonds is 4. The van der Waals surface area contributed by atoms with Gasteiger partial charge in [-0.05, 0) is 51.4 Å². The summed E-state index contributed by atoms with van der Waals surface area (Å²) in [5, 5.41) is 4.55. The van der Waals surface area contributed by atoms with Crippen molar-refractivity contribution in [3.8, 4) is 0 Å². The van der Waals surface area contributed by atoms with Crippen molar-refractivity contribution in [2.75, 3.05) is 25.9 Å². The van der Waals surface area contributed by atoms with Crippen LogP contribution in [0.15, 0.2) is 0 Å². The predicted molar refractivity (Wildman–Crippen MR) is 73.2 cm³/mol. The average molecular weight is 242 g/mol. The van der Waals surface area contributed by atoms with E-state index in [0.717, 1.165) is 23.9 Å². The second-order valence-electron chi connectivity index (χ2n) is 5.22. The molecule has 0 aromatic heterocycles. The Morgan fingerprint density at radius 2 is 2.19 bits per heavy atom. The second kappa shape index (κ2) is 6.27. The van der Waals surface area contributed by atoms with E-state index in [1.165, 1.54) is 45.2 Å². The van der Waals surface area contributed by atoms with Gasteiger partial charge >= 0.3 is 0 Å². The molecule has 0 amide bonds. The molecule has 2 nitrogen and oxygen atoms in total. The number of piperidine rings is 1. The normalized spacial score (nSPS) is 36.8. The van der Waals surface area contributed by atoms with Crippen LogP contribution in [-0.2, 0) is 0 Å². The molecule has 16 heavy (non-hydrogen) atoms. The summed E-state index contributed by atoms with van der Waals surface area (Å²) >= 11 is 2.07. The molecule has 2 rings (SSSR count). The van der Waals surface area contributed by atoms with Gasteiger partial charge in [-0.15, -0.1) is 0 Å². The Kier molecular flexibility index (Phi) is 4.98. The highest BCUT2D eigenvalue weighted by molar-refractivity contribution is 7.99. The van der Waals surface area contributed by atoms with E-state index in [2.05, 4.69) is 35.2 Å². The Morgan fingerprint density at radius 1 is 1.31 bits per heavy atom. The fourth-order valence-corrected chi connectivity index (χ4v) is 4.04. The highest BCUT2D eigenvalue weighted by Crippen LogP contribution is 2.32. The first kappa shape index (κ1) is 12.7. The number of likely N-dealkylation sites (tertiary alicyclic amines) is 1. The summed E-state index contributed by atoms with van der Waals surface area (Å²) < 4.78 is 0. The van der Waals surface area contributed by atoms with Crippen LogP contribution in [0.1, 0.15) is 39.0 Å². The molecule has 1 heterocycles. The highest BCUT2D eigenvalue weighted by Gasteiger charge is 2.31. The molecule has 1 saturated carbocycles. The minimum Gasteiger partial charge on any atom is -0.313 e. The quantitative estimate of drug-likeness (QED) is 0.814. The number of nitrogens with zero attached hydrogens (tertiary/aromatic N) is 1. The van der Waals surface area contributed by atoms with Crippen LogP contribution in [-0.4, -0.2) is 48.1 Å². The standard InChI is InChI=1S/C13H26N2S/c1-3-14-11-5-4-8-15(10-11)12-6-7-13(9-12)16-2/h11-14H,3-10H2,1-2H3. The van der Waals surface area contributed by atoms with E-state index in [9.17, 15) is 0 Å². The van der Waals surface area contributed by atoms with Gasteiger partial charge in [-0.3, -0.25) is 4.90 Å². The van der Waals surface area contributed by atoms with Crippen molar-refractivity contribution >= 4 is 11.8 Å². The number of thioether (sulfide) groups is 1. The van der Waals surface area contributed by atoms with Gasteiger partial charge < -0.3 is 5.32 Å². The maximum atomic E-state index is 3.62. The number of likely N-dealkylation sites (N-methyl/N-ethyl adjacent to an activating group) is 1. The Morgan fingerprint density at radius 3 is 2.88 bits per heavy atom. The summed E-state index contributed by atoms with van der Waals surface area (Å²) in [7, 11) is 0. The van der Waals surface area contributed by atoms with Gasteiger partial charge in [0, 0.05) is 23.9 Å². The van der Waals surface area contributed by atoms with Gasteiger partial charge in [-0.25, -0.2) is 0 Å². The summed E-state index contributed by atoms with van der Waals surface area (Å²) in [4.78, 5) is 2.76. The zero-order chi connectivity index (χ0) is 11.4. The van der Waals surface area contributed by atoms with Gasteiger partial charge in [-0.1, -0.05) is 6.92 Å². The van der Waals surface area contributed by atoms with E-state index in [1.807, 2.05) is 0 Å². The summed E-state index contributed by atoms with van der Waals surface area (Å²) in [5.74, 6) is 0. The van der Waals surface area contributed by atoms with E-state index in [4.69, 9.17) is 0 Å². The first-order chi connectivity index (χ1) is 7.83. The Hall–Kier alpha value is 0.270. The van der Waals surface area contributed by atoms with Crippen LogP contribution in [0, 0.1) is 0 Å². The molecular weight excluding hydrogens is 216 g/mol. The molecule has 0 aromatic carbocycles. The summed E-state index contributed by atoms with van der Waals surface area (Å²) in [5.41, 5.74) is 0. The van der Waals surface area contributed by atoms with Crippen molar-refractivity contribution in [3.05, 3.63) is 0 Å². The topological polar surface area (TPSA) is 15.3 Å². The lowest BCUT2D eigenvalue weighted by atomic mass is 10.0. The minimum atomic E-state index is 0.757. The van der Waals surface area contributed by atoms with E-state index < -0.39 is 0 Å². The van der Waals surface area contributed by atoms with E-state index in [-0.39, 0.29) is 0 Å². The van der Waals surface area contributed by atoms with Crippen molar-refractivity contribution in [2.24, 2.45) is 0 Å². The monoisotopic (exact) mass is 242 g/mol. The molecule has 0 spiro atoms. The second-order valence-corrected chi connectivity index (χ2v) is 6.35. The molecule has 2 fully saturated rings. The molecule has 0 radical (unpaired) electrons. The molecule has 3 atom stereocenters. The number of hydrogen-bond donors (Lipinski definition) is 1. The fraction of sp³-hybridized carbons (Fsp3) is 1.00. The first-order valence-corrected chi connectivity index (χ1v) is 8.12. The van der Waals surface area contributed by atoms with Gasteiger partial charge in [0.15, 0.2) is 0 Å². The molecule has 1 N–H and O–H groups in total. The average Bonchev–Trinajstić information content (AvgIpc) is 2.78. The Bertz CT molecular complexity index is 208. The fourth-order valence-electron chi connectivity index (χ4n) is 3.26. The van der Waals surface area contributed by atoms with E-state index >= 15 is 0 Å². The lowest BCUT2D eigenvalue weighted by Crippen LogP contribution is -2.49. The first-order valence-electron chi connectivity index (χ1n) is 6.83. The molecule has 0 bridgehead atoms. The molecule has 3 unspecified atom stereocenters. The van der Waals surface area contributed by atoms with Gasteiger partial charge in [0.1, 0.15) is 0 Å². The van der Waals surface area contributed by atoms with Crippen molar-refractivity contribution in [1.29, 1.82) is 0 Å². The zero-order valence-corrected chi connectivity index (χ0v) is 11.6.